The Kier molecular flexibility index (Phi) is 6.97. The van der Waals surface area contributed by atoms with E-state index in [1.807, 2.05) is 36.4 Å². The highest BCUT2D eigenvalue weighted by molar-refractivity contribution is 7.92. The Morgan fingerprint density at radius 3 is 2.43 bits per heavy atom. The molecule has 0 saturated carbocycles. The molecular weight excluding hydrogens is 424 g/mol. The van der Waals surface area contributed by atoms with Gasteiger partial charge in [0.1, 0.15) is 5.75 Å². The monoisotopic (exact) mass is 444 g/mol. The standard InChI is InChI=1S/C22H21ClN2O4S/c1-30(27,28)25-19-9-5-6-16(12-19)14-24-22(26)15-29-21-11-10-18(13-20(21)23)17-7-3-2-4-8-17/h2-13,25H,14-15H2,1H3,(H,24,26). The fraction of sp³-hybridized carbons (Fsp3) is 0.136. The van der Waals surface area contributed by atoms with Gasteiger partial charge in [0.05, 0.1) is 11.3 Å². The maximum atomic E-state index is 12.1. The molecule has 6 nitrogen and oxygen atoms in total. The SMILES string of the molecule is CS(=O)(=O)Nc1cccc(CNC(=O)COc2ccc(-c3ccccc3)cc2Cl)c1. The highest BCUT2D eigenvalue weighted by Gasteiger charge is 2.08. The van der Waals surface area contributed by atoms with Gasteiger partial charge in [-0.25, -0.2) is 8.42 Å². The summed E-state index contributed by atoms with van der Waals surface area (Å²) < 4.78 is 30.6. The maximum absolute atomic E-state index is 12.1. The second kappa shape index (κ2) is 9.65. The lowest BCUT2D eigenvalue weighted by Gasteiger charge is -2.11. The van der Waals surface area contributed by atoms with Crippen LogP contribution in [0, 0.1) is 0 Å². The summed E-state index contributed by atoms with van der Waals surface area (Å²) in [6, 6.07) is 22.0. The van der Waals surface area contributed by atoms with Crippen molar-refractivity contribution < 1.29 is 17.9 Å². The van der Waals surface area contributed by atoms with Crippen LogP contribution < -0.4 is 14.8 Å². The van der Waals surface area contributed by atoms with Crippen molar-refractivity contribution in [2.75, 3.05) is 17.6 Å². The minimum absolute atomic E-state index is 0.189. The van der Waals surface area contributed by atoms with Gasteiger partial charge in [0, 0.05) is 12.2 Å². The Morgan fingerprint density at radius 2 is 1.73 bits per heavy atom. The van der Waals surface area contributed by atoms with Crippen molar-refractivity contribution in [1.82, 2.24) is 5.32 Å². The van der Waals surface area contributed by atoms with Crippen LogP contribution >= 0.6 is 11.6 Å². The van der Waals surface area contributed by atoms with E-state index in [1.54, 1.807) is 36.4 Å². The van der Waals surface area contributed by atoms with E-state index in [0.717, 1.165) is 22.9 Å². The number of ether oxygens (including phenoxy) is 1. The Hall–Kier alpha value is -3.03. The molecule has 0 bridgehead atoms. The average Bonchev–Trinajstić information content (AvgIpc) is 2.71. The van der Waals surface area contributed by atoms with Crippen molar-refractivity contribution in [3.8, 4) is 16.9 Å². The molecule has 30 heavy (non-hydrogen) atoms. The normalized spacial score (nSPS) is 11.0. The second-order valence-corrected chi connectivity index (χ2v) is 8.81. The number of benzene rings is 3. The maximum Gasteiger partial charge on any atom is 0.258 e. The number of rotatable bonds is 8. The molecule has 0 aromatic heterocycles. The topological polar surface area (TPSA) is 84.5 Å². The molecule has 3 aromatic rings. The van der Waals surface area contributed by atoms with E-state index in [-0.39, 0.29) is 19.1 Å². The zero-order valence-electron chi connectivity index (χ0n) is 16.3. The summed E-state index contributed by atoms with van der Waals surface area (Å²) >= 11 is 6.29. The highest BCUT2D eigenvalue weighted by atomic mass is 35.5. The molecule has 3 rings (SSSR count). The van der Waals surface area contributed by atoms with E-state index in [4.69, 9.17) is 16.3 Å². The van der Waals surface area contributed by atoms with Crippen molar-refractivity contribution in [2.45, 2.75) is 6.54 Å². The zero-order valence-corrected chi connectivity index (χ0v) is 17.8. The minimum Gasteiger partial charge on any atom is -0.482 e. The Labute approximate surface area is 180 Å². The summed E-state index contributed by atoms with van der Waals surface area (Å²) in [4.78, 5) is 12.1. The van der Waals surface area contributed by atoms with E-state index >= 15 is 0 Å². The summed E-state index contributed by atoms with van der Waals surface area (Å²) in [6.07, 6.45) is 1.08. The number of hydrogen-bond acceptors (Lipinski definition) is 4. The molecule has 0 atom stereocenters. The molecule has 3 aromatic carbocycles. The first-order valence-electron chi connectivity index (χ1n) is 9.11. The van der Waals surface area contributed by atoms with Gasteiger partial charge in [0.15, 0.2) is 6.61 Å². The van der Waals surface area contributed by atoms with Crippen LogP contribution in [-0.2, 0) is 21.4 Å². The lowest BCUT2D eigenvalue weighted by Crippen LogP contribution is -2.28. The first-order valence-corrected chi connectivity index (χ1v) is 11.4. The smallest absolute Gasteiger partial charge is 0.258 e. The lowest BCUT2D eigenvalue weighted by atomic mass is 10.1. The van der Waals surface area contributed by atoms with Crippen LogP contribution in [0.15, 0.2) is 72.8 Å². The predicted octanol–water partition coefficient (Wildman–Crippen LogP) is 4.07. The first-order chi connectivity index (χ1) is 14.3. The number of carbonyl (C=O) groups excluding carboxylic acids is 1. The van der Waals surface area contributed by atoms with Gasteiger partial charge < -0.3 is 10.1 Å². The fourth-order valence-electron chi connectivity index (χ4n) is 2.78. The van der Waals surface area contributed by atoms with Crippen LogP contribution in [0.25, 0.3) is 11.1 Å². The number of hydrogen-bond donors (Lipinski definition) is 2. The van der Waals surface area contributed by atoms with Gasteiger partial charge in [-0.15, -0.1) is 0 Å². The van der Waals surface area contributed by atoms with Crippen molar-refractivity contribution in [3.05, 3.63) is 83.4 Å². The molecule has 0 radical (unpaired) electrons. The van der Waals surface area contributed by atoms with E-state index in [0.29, 0.717) is 16.5 Å². The summed E-state index contributed by atoms with van der Waals surface area (Å²) in [5.41, 5.74) is 3.18. The molecule has 2 N–H and O–H groups in total. The third kappa shape index (κ3) is 6.50. The minimum atomic E-state index is -3.36. The molecule has 0 aliphatic rings. The van der Waals surface area contributed by atoms with Crippen LogP contribution in [-0.4, -0.2) is 27.2 Å². The number of carbonyl (C=O) groups is 1. The summed E-state index contributed by atoms with van der Waals surface area (Å²) in [5, 5.41) is 3.15. The molecule has 0 fully saturated rings. The highest BCUT2D eigenvalue weighted by Crippen LogP contribution is 2.30. The van der Waals surface area contributed by atoms with Crippen LogP contribution in [0.1, 0.15) is 5.56 Å². The van der Waals surface area contributed by atoms with Crippen molar-refractivity contribution >= 4 is 33.2 Å². The molecule has 0 aliphatic carbocycles. The third-order valence-electron chi connectivity index (χ3n) is 4.12. The molecule has 8 heteroatoms. The largest absolute Gasteiger partial charge is 0.482 e. The summed E-state index contributed by atoms with van der Waals surface area (Å²) in [6.45, 7) is 0.0494. The lowest BCUT2D eigenvalue weighted by molar-refractivity contribution is -0.123. The van der Waals surface area contributed by atoms with E-state index in [1.165, 1.54) is 0 Å². The zero-order chi connectivity index (χ0) is 21.6. The first kappa shape index (κ1) is 21.7. The van der Waals surface area contributed by atoms with Crippen LogP contribution in [0.5, 0.6) is 5.75 Å². The quantitative estimate of drug-likeness (QED) is 0.548. The van der Waals surface area contributed by atoms with Gasteiger partial charge in [0.25, 0.3) is 5.91 Å². The van der Waals surface area contributed by atoms with Gasteiger partial charge in [-0.1, -0.05) is 60.1 Å². The molecular formula is C22H21ClN2O4S. The second-order valence-electron chi connectivity index (χ2n) is 6.65. The van der Waals surface area contributed by atoms with Gasteiger partial charge in [-0.3, -0.25) is 9.52 Å². The summed E-state index contributed by atoms with van der Waals surface area (Å²) in [7, 11) is -3.36. The van der Waals surface area contributed by atoms with Crippen LogP contribution in [0.4, 0.5) is 5.69 Å². The van der Waals surface area contributed by atoms with Crippen molar-refractivity contribution in [2.24, 2.45) is 0 Å². The number of halogens is 1. The molecule has 0 saturated heterocycles. The number of sulfonamides is 1. The molecule has 156 valence electrons. The van der Waals surface area contributed by atoms with Crippen molar-refractivity contribution in [3.63, 3.8) is 0 Å². The third-order valence-corrected chi connectivity index (χ3v) is 5.02. The molecule has 0 spiro atoms. The number of amides is 1. The predicted molar refractivity (Wildman–Crippen MR) is 119 cm³/mol. The molecule has 1 amide bonds. The van der Waals surface area contributed by atoms with Gasteiger partial charge in [0.2, 0.25) is 10.0 Å². The average molecular weight is 445 g/mol. The van der Waals surface area contributed by atoms with Crippen LogP contribution in [0.2, 0.25) is 5.02 Å². The molecule has 0 heterocycles. The van der Waals surface area contributed by atoms with Crippen LogP contribution in [0.3, 0.4) is 0 Å². The fourth-order valence-corrected chi connectivity index (χ4v) is 3.57. The Bertz CT molecular complexity index is 1130. The number of nitrogens with one attached hydrogen (secondary N) is 2. The van der Waals surface area contributed by atoms with E-state index < -0.39 is 10.0 Å². The Balaban J connectivity index is 1.53. The van der Waals surface area contributed by atoms with Gasteiger partial charge in [-0.2, -0.15) is 0 Å². The molecule has 0 unspecified atom stereocenters. The number of anilines is 1. The van der Waals surface area contributed by atoms with Gasteiger partial charge in [-0.05, 0) is 41.0 Å². The summed E-state index contributed by atoms with van der Waals surface area (Å²) in [5.74, 6) is 0.102. The van der Waals surface area contributed by atoms with E-state index in [2.05, 4.69) is 10.0 Å². The Morgan fingerprint density at radius 1 is 0.967 bits per heavy atom. The van der Waals surface area contributed by atoms with Crippen molar-refractivity contribution in [1.29, 1.82) is 0 Å². The van der Waals surface area contributed by atoms with E-state index in [9.17, 15) is 13.2 Å². The van der Waals surface area contributed by atoms with Gasteiger partial charge >= 0.3 is 0 Å². The molecule has 0 aliphatic heterocycles.